The van der Waals surface area contributed by atoms with E-state index in [1.165, 1.54) is 11.1 Å². The van der Waals surface area contributed by atoms with E-state index in [9.17, 15) is 5.11 Å². The minimum absolute atomic E-state index is 0.161. The summed E-state index contributed by atoms with van der Waals surface area (Å²) < 4.78 is 2.26. The Labute approximate surface area is 347 Å². The van der Waals surface area contributed by atoms with Crippen molar-refractivity contribution in [3.63, 3.8) is 0 Å². The van der Waals surface area contributed by atoms with Crippen LogP contribution in [-0.4, -0.2) is 19.6 Å². The van der Waals surface area contributed by atoms with Gasteiger partial charge in [0, 0.05) is 28.3 Å². The summed E-state index contributed by atoms with van der Waals surface area (Å²) in [5.74, 6) is 0.969. The molecule has 4 nitrogen and oxygen atoms in total. The summed E-state index contributed by atoms with van der Waals surface area (Å²) in [5, 5.41) is 14.6. The van der Waals surface area contributed by atoms with Crippen LogP contribution in [0.4, 0.5) is 0 Å². The number of nitrogens with zero attached hydrogens (tertiary/aromatic N) is 3. The molecular formula is C55H49N3O. The monoisotopic (exact) mass is 767 g/mol. The number of rotatable bonds is 7. The fourth-order valence-electron chi connectivity index (χ4n) is 8.30. The standard InChI is InChI=1S/C55H49N3O/c1-54(2,3)43-34-46(52(59)47(35-43)55(4,5)6)53-57-51-45(24-16-26-50(51)58(53)49-25-15-22-39-21-13-14-23-44(39)49)41-30-37(29-36-17-9-7-10-18-36)31-42(32-41)48-33-40(27-28-56-48)38-19-11-8-12-20-38/h7-28,30-35,59H,29H2,1-6H3. The molecule has 0 atom stereocenters. The van der Waals surface area contributed by atoms with Crippen molar-refractivity contribution in [3.05, 3.63) is 192 Å². The maximum Gasteiger partial charge on any atom is 0.149 e. The fourth-order valence-corrected chi connectivity index (χ4v) is 8.30. The van der Waals surface area contributed by atoms with Crippen molar-refractivity contribution in [2.45, 2.75) is 58.8 Å². The van der Waals surface area contributed by atoms with Gasteiger partial charge in [-0.05, 0) is 98.5 Å². The summed E-state index contributed by atoms with van der Waals surface area (Å²) in [6, 6.07) is 57.9. The van der Waals surface area contributed by atoms with Crippen molar-refractivity contribution >= 4 is 21.8 Å². The summed E-state index contributed by atoms with van der Waals surface area (Å²) in [5.41, 5.74) is 13.9. The number of benzene rings is 7. The second kappa shape index (κ2) is 14.9. The van der Waals surface area contributed by atoms with Gasteiger partial charge in [-0.2, -0.15) is 0 Å². The van der Waals surface area contributed by atoms with E-state index in [1.54, 1.807) is 0 Å². The van der Waals surface area contributed by atoms with Gasteiger partial charge in [0.15, 0.2) is 0 Å². The summed E-state index contributed by atoms with van der Waals surface area (Å²) in [4.78, 5) is 10.5. The van der Waals surface area contributed by atoms with Crippen LogP contribution >= 0.6 is 0 Å². The first-order chi connectivity index (χ1) is 28.4. The van der Waals surface area contributed by atoms with Gasteiger partial charge in [-0.15, -0.1) is 0 Å². The second-order valence-corrected chi connectivity index (χ2v) is 17.7. The first-order valence-electron chi connectivity index (χ1n) is 20.5. The third kappa shape index (κ3) is 7.32. The Morgan fingerprint density at radius 3 is 2.00 bits per heavy atom. The maximum atomic E-state index is 12.3. The van der Waals surface area contributed by atoms with E-state index in [1.807, 2.05) is 12.3 Å². The normalized spacial score (nSPS) is 12.0. The molecule has 0 aliphatic rings. The molecule has 0 aliphatic carbocycles. The minimum atomic E-state index is -0.303. The van der Waals surface area contributed by atoms with Crippen LogP contribution in [0, 0.1) is 0 Å². The molecule has 7 aromatic carbocycles. The number of para-hydroxylation sites is 1. The topological polar surface area (TPSA) is 50.9 Å². The summed E-state index contributed by atoms with van der Waals surface area (Å²) in [7, 11) is 0. The number of fused-ring (bicyclic) bond motifs is 2. The molecule has 0 bridgehead atoms. The van der Waals surface area contributed by atoms with Gasteiger partial charge in [-0.3, -0.25) is 9.55 Å². The molecular weight excluding hydrogens is 719 g/mol. The van der Waals surface area contributed by atoms with Crippen LogP contribution in [0.5, 0.6) is 5.75 Å². The highest BCUT2D eigenvalue weighted by molar-refractivity contribution is 6.00. The molecule has 0 fully saturated rings. The van der Waals surface area contributed by atoms with Crippen LogP contribution in [0.25, 0.3) is 72.4 Å². The van der Waals surface area contributed by atoms with E-state index < -0.39 is 0 Å². The smallest absolute Gasteiger partial charge is 0.149 e. The lowest BCUT2D eigenvalue weighted by Crippen LogP contribution is -2.17. The predicted molar refractivity (Wildman–Crippen MR) is 246 cm³/mol. The first-order valence-corrected chi connectivity index (χ1v) is 20.5. The van der Waals surface area contributed by atoms with E-state index in [0.29, 0.717) is 5.82 Å². The number of aromatic nitrogens is 3. The molecule has 9 rings (SSSR count). The van der Waals surface area contributed by atoms with E-state index in [-0.39, 0.29) is 16.6 Å². The molecule has 59 heavy (non-hydrogen) atoms. The van der Waals surface area contributed by atoms with E-state index in [0.717, 1.165) is 84.1 Å². The average molecular weight is 768 g/mol. The predicted octanol–water partition coefficient (Wildman–Crippen LogP) is 14.1. The largest absolute Gasteiger partial charge is 0.507 e. The molecule has 9 aromatic rings. The lowest BCUT2D eigenvalue weighted by molar-refractivity contribution is 0.446. The SMILES string of the molecule is CC(C)(C)c1cc(-c2nc3c(-c4cc(Cc5ccccc5)cc(-c5cc(-c6ccccc6)ccn5)c4)cccc3n2-c2cccc3ccccc23)c(O)c(C(C)(C)C)c1. The molecule has 4 heteroatoms. The van der Waals surface area contributed by atoms with Gasteiger partial charge < -0.3 is 5.11 Å². The highest BCUT2D eigenvalue weighted by atomic mass is 16.3. The third-order valence-corrected chi connectivity index (χ3v) is 11.4. The zero-order valence-corrected chi connectivity index (χ0v) is 34.7. The molecule has 0 amide bonds. The molecule has 1 N–H and O–H groups in total. The van der Waals surface area contributed by atoms with Gasteiger partial charge in [-0.25, -0.2) is 4.98 Å². The van der Waals surface area contributed by atoms with Crippen molar-refractivity contribution in [2.75, 3.05) is 0 Å². The molecule has 2 heterocycles. The Morgan fingerprint density at radius 1 is 0.542 bits per heavy atom. The molecule has 0 spiro atoms. The number of aromatic hydroxyl groups is 1. The quantitative estimate of drug-likeness (QED) is 0.176. The van der Waals surface area contributed by atoms with E-state index in [4.69, 9.17) is 9.97 Å². The van der Waals surface area contributed by atoms with Gasteiger partial charge >= 0.3 is 0 Å². The Bertz CT molecular complexity index is 2980. The molecule has 0 radical (unpaired) electrons. The highest BCUT2D eigenvalue weighted by Crippen LogP contribution is 2.45. The van der Waals surface area contributed by atoms with Crippen LogP contribution in [0.3, 0.4) is 0 Å². The average Bonchev–Trinajstić information content (AvgIpc) is 3.63. The van der Waals surface area contributed by atoms with Crippen molar-refractivity contribution in [3.8, 4) is 56.3 Å². The van der Waals surface area contributed by atoms with Crippen molar-refractivity contribution < 1.29 is 5.11 Å². The number of phenols is 1. The van der Waals surface area contributed by atoms with Gasteiger partial charge in [0.25, 0.3) is 0 Å². The fraction of sp³-hybridized carbons (Fsp3) is 0.164. The van der Waals surface area contributed by atoms with Crippen LogP contribution in [-0.2, 0) is 17.3 Å². The number of phenolic OH excluding ortho intramolecular Hbond substituents is 1. The van der Waals surface area contributed by atoms with E-state index in [2.05, 4.69) is 204 Å². The van der Waals surface area contributed by atoms with Crippen molar-refractivity contribution in [1.29, 1.82) is 0 Å². The molecule has 0 aliphatic heterocycles. The van der Waals surface area contributed by atoms with Crippen LogP contribution < -0.4 is 0 Å². The van der Waals surface area contributed by atoms with Gasteiger partial charge in [-0.1, -0.05) is 163 Å². The zero-order valence-electron chi connectivity index (χ0n) is 34.7. The van der Waals surface area contributed by atoms with Crippen LogP contribution in [0.1, 0.15) is 63.8 Å². The van der Waals surface area contributed by atoms with Crippen molar-refractivity contribution in [2.24, 2.45) is 0 Å². The molecule has 0 saturated carbocycles. The summed E-state index contributed by atoms with van der Waals surface area (Å²) in [6.07, 6.45) is 2.68. The highest BCUT2D eigenvalue weighted by Gasteiger charge is 2.29. The van der Waals surface area contributed by atoms with Gasteiger partial charge in [0.2, 0.25) is 0 Å². The first kappa shape index (κ1) is 37.8. The summed E-state index contributed by atoms with van der Waals surface area (Å²) >= 11 is 0. The minimum Gasteiger partial charge on any atom is -0.507 e. The summed E-state index contributed by atoms with van der Waals surface area (Å²) in [6.45, 7) is 13.2. The Hall–Kier alpha value is -6.78. The molecule has 0 saturated heterocycles. The van der Waals surface area contributed by atoms with Crippen LogP contribution in [0.2, 0.25) is 0 Å². The van der Waals surface area contributed by atoms with E-state index >= 15 is 0 Å². The second-order valence-electron chi connectivity index (χ2n) is 17.7. The maximum absolute atomic E-state index is 12.3. The number of imidazole rings is 1. The Kier molecular flexibility index (Phi) is 9.52. The van der Waals surface area contributed by atoms with Crippen molar-refractivity contribution in [1.82, 2.24) is 14.5 Å². The zero-order chi connectivity index (χ0) is 40.9. The Morgan fingerprint density at radius 2 is 1.24 bits per heavy atom. The molecule has 0 unspecified atom stereocenters. The number of hydrogen-bond acceptors (Lipinski definition) is 3. The van der Waals surface area contributed by atoms with Gasteiger partial charge in [0.05, 0.1) is 28.0 Å². The Balaban J connectivity index is 1.33. The number of hydrogen-bond donors (Lipinski definition) is 1. The molecule has 2 aromatic heterocycles. The van der Waals surface area contributed by atoms with Crippen LogP contribution in [0.15, 0.2) is 170 Å². The third-order valence-electron chi connectivity index (χ3n) is 11.4. The lowest BCUT2D eigenvalue weighted by atomic mass is 9.79. The molecule has 290 valence electrons. The lowest BCUT2D eigenvalue weighted by Gasteiger charge is -2.27. The van der Waals surface area contributed by atoms with Gasteiger partial charge in [0.1, 0.15) is 11.6 Å². The number of pyridine rings is 1.